The summed E-state index contributed by atoms with van der Waals surface area (Å²) in [6.45, 7) is 0. The molecule has 32 heavy (non-hydrogen) atoms. The zero-order chi connectivity index (χ0) is 21.8. The molecule has 2 aliphatic carbocycles. The van der Waals surface area contributed by atoms with Crippen molar-refractivity contribution in [1.82, 2.24) is 0 Å². The lowest BCUT2D eigenvalue weighted by Crippen LogP contribution is -2.15. The van der Waals surface area contributed by atoms with Crippen LogP contribution in [0.3, 0.4) is 0 Å². The summed E-state index contributed by atoms with van der Waals surface area (Å²) in [5.74, 6) is 1.56. The van der Waals surface area contributed by atoms with Crippen molar-refractivity contribution in [3.8, 4) is 5.75 Å². The van der Waals surface area contributed by atoms with Gasteiger partial charge in [0.1, 0.15) is 11.6 Å². The number of carboxylic acids is 1. The molecule has 2 aromatic rings. The van der Waals surface area contributed by atoms with E-state index in [1.54, 1.807) is 13.2 Å². The van der Waals surface area contributed by atoms with E-state index in [-0.39, 0.29) is 37.6 Å². The van der Waals surface area contributed by atoms with Gasteiger partial charge in [-0.05, 0) is 110 Å². The summed E-state index contributed by atoms with van der Waals surface area (Å²) in [7, 11) is 1.62. The number of aliphatic carboxylic acids is 1. The van der Waals surface area contributed by atoms with Crippen molar-refractivity contribution in [1.29, 1.82) is 0 Å². The average Bonchev–Trinajstić information content (AvgIpc) is 3.62. The van der Waals surface area contributed by atoms with Crippen molar-refractivity contribution >= 4 is 19.5 Å². The molecule has 0 amide bonds. The van der Waals surface area contributed by atoms with Crippen LogP contribution in [-0.4, -0.2) is 18.2 Å². The fourth-order valence-electron chi connectivity index (χ4n) is 5.32. The van der Waals surface area contributed by atoms with Crippen LogP contribution in [-0.2, 0) is 11.2 Å². The molecule has 174 valence electrons. The van der Waals surface area contributed by atoms with E-state index in [0.717, 1.165) is 62.7 Å². The largest absolute Gasteiger partial charge is 0.497 e. The summed E-state index contributed by atoms with van der Waals surface area (Å²) in [6, 6.07) is 13.7. The second-order valence-electron chi connectivity index (χ2n) is 9.43. The van der Waals surface area contributed by atoms with Gasteiger partial charge < -0.3 is 9.84 Å². The third-order valence-electron chi connectivity index (χ3n) is 7.30. The molecule has 1 N–H and O–H groups in total. The predicted octanol–water partition coefficient (Wildman–Crippen LogP) is 6.82. The predicted molar refractivity (Wildman–Crippen MR) is 131 cm³/mol. The molecule has 0 radical (unpaired) electrons. The highest BCUT2D eigenvalue weighted by molar-refractivity contribution is 7.59. The summed E-state index contributed by atoms with van der Waals surface area (Å²) in [5, 5.41) is 9.28. The molecule has 0 saturated heterocycles. The smallest absolute Gasteiger partial charge is 0.303 e. The minimum absolute atomic E-state index is 0. The van der Waals surface area contributed by atoms with Crippen molar-refractivity contribution in [2.24, 2.45) is 11.8 Å². The molecule has 2 aromatic carbocycles. The molecular formula is C27H35FO3S. The van der Waals surface area contributed by atoms with Crippen LogP contribution in [0, 0.1) is 17.7 Å². The van der Waals surface area contributed by atoms with E-state index in [2.05, 4.69) is 24.3 Å². The van der Waals surface area contributed by atoms with Gasteiger partial charge in [-0.3, -0.25) is 4.79 Å². The van der Waals surface area contributed by atoms with Gasteiger partial charge in [-0.15, -0.1) is 0 Å². The standard InChI is InChI=1S/C27H33FO3.H2S/c1-31-23-13-14-26(28)25(16-23)21-9-7-18(8-10-21)5-6-19-3-2-4-22(15-19)24(17-27(29)30)20-11-12-20;/h2-4,13-16,18,20-21,24H,5-12,17H2,1H3,(H,29,30);1H2/t18?,21?,24-;/m0./s1. The van der Waals surface area contributed by atoms with Crippen LogP contribution < -0.4 is 4.74 Å². The molecule has 0 bridgehead atoms. The molecule has 2 fully saturated rings. The van der Waals surface area contributed by atoms with Gasteiger partial charge in [-0.1, -0.05) is 24.3 Å². The van der Waals surface area contributed by atoms with Gasteiger partial charge in [-0.25, -0.2) is 4.39 Å². The van der Waals surface area contributed by atoms with Crippen LogP contribution in [0.2, 0.25) is 0 Å². The molecule has 3 nitrogen and oxygen atoms in total. The number of carboxylic acid groups (broad SMARTS) is 1. The van der Waals surface area contributed by atoms with Gasteiger partial charge in [0.2, 0.25) is 0 Å². The van der Waals surface area contributed by atoms with Gasteiger partial charge in [-0.2, -0.15) is 13.5 Å². The lowest BCUT2D eigenvalue weighted by Gasteiger charge is -2.29. The van der Waals surface area contributed by atoms with Crippen LogP contribution in [0.25, 0.3) is 0 Å². The van der Waals surface area contributed by atoms with Crippen molar-refractivity contribution in [3.63, 3.8) is 0 Å². The number of carbonyl (C=O) groups is 1. The number of halogens is 1. The average molecular weight is 459 g/mol. The Morgan fingerprint density at radius 3 is 2.50 bits per heavy atom. The van der Waals surface area contributed by atoms with Crippen LogP contribution in [0.1, 0.15) is 79.9 Å². The maximum absolute atomic E-state index is 14.3. The SMILES string of the molecule is COc1ccc(F)c(C2CCC(CCc3cccc([C@@H](CC(=O)O)C4CC4)c3)CC2)c1.S. The Kier molecular flexibility index (Phi) is 8.64. The quantitative estimate of drug-likeness (QED) is 0.448. The highest BCUT2D eigenvalue weighted by Gasteiger charge is 2.33. The first-order chi connectivity index (χ1) is 15.0. The van der Waals surface area contributed by atoms with Gasteiger partial charge in [0, 0.05) is 0 Å². The van der Waals surface area contributed by atoms with Gasteiger partial charge >= 0.3 is 5.97 Å². The van der Waals surface area contributed by atoms with Gasteiger partial charge in [0.05, 0.1) is 13.5 Å². The number of ether oxygens (including phenoxy) is 1. The lowest BCUT2D eigenvalue weighted by atomic mass is 9.76. The zero-order valence-corrected chi connectivity index (χ0v) is 19.9. The summed E-state index contributed by atoms with van der Waals surface area (Å²) in [6.07, 6.45) is 9.02. The Balaban J connectivity index is 0.00000289. The van der Waals surface area contributed by atoms with Crippen LogP contribution >= 0.6 is 13.5 Å². The van der Waals surface area contributed by atoms with Crippen molar-refractivity contribution in [3.05, 3.63) is 65.0 Å². The first-order valence-electron chi connectivity index (χ1n) is 11.7. The highest BCUT2D eigenvalue weighted by atomic mass is 32.1. The monoisotopic (exact) mass is 458 g/mol. The number of benzene rings is 2. The number of rotatable bonds is 9. The normalized spacial score (nSPS) is 21.4. The highest BCUT2D eigenvalue weighted by Crippen LogP contribution is 2.45. The third kappa shape index (κ3) is 6.28. The summed E-state index contributed by atoms with van der Waals surface area (Å²) >= 11 is 0. The van der Waals surface area contributed by atoms with Crippen LogP contribution in [0.15, 0.2) is 42.5 Å². The minimum atomic E-state index is -0.702. The Morgan fingerprint density at radius 1 is 1.09 bits per heavy atom. The molecule has 0 aromatic heterocycles. The third-order valence-corrected chi connectivity index (χ3v) is 7.30. The van der Waals surface area contributed by atoms with E-state index in [0.29, 0.717) is 11.8 Å². The first kappa shape index (κ1) is 24.6. The first-order valence-corrected chi connectivity index (χ1v) is 11.7. The fraction of sp³-hybridized carbons (Fsp3) is 0.519. The molecule has 5 heteroatoms. The van der Waals surface area contributed by atoms with E-state index >= 15 is 0 Å². The van der Waals surface area contributed by atoms with Crippen molar-refractivity contribution < 1.29 is 19.0 Å². The second kappa shape index (κ2) is 11.2. The molecule has 0 unspecified atom stereocenters. The van der Waals surface area contributed by atoms with E-state index in [1.807, 2.05) is 6.07 Å². The molecule has 1 atom stereocenters. The van der Waals surface area contributed by atoms with Gasteiger partial charge in [0.25, 0.3) is 0 Å². The maximum atomic E-state index is 14.3. The Bertz CT molecular complexity index is 904. The Labute approximate surface area is 197 Å². The van der Waals surface area contributed by atoms with Crippen LogP contribution in [0.5, 0.6) is 5.75 Å². The molecule has 0 aliphatic heterocycles. The number of methoxy groups -OCH3 is 1. The fourth-order valence-corrected chi connectivity index (χ4v) is 5.32. The zero-order valence-electron chi connectivity index (χ0n) is 18.9. The van der Waals surface area contributed by atoms with E-state index < -0.39 is 5.97 Å². The van der Waals surface area contributed by atoms with Gasteiger partial charge in [0.15, 0.2) is 0 Å². The number of hydrogen-bond acceptors (Lipinski definition) is 2. The summed E-state index contributed by atoms with van der Waals surface area (Å²) < 4.78 is 19.6. The number of aryl methyl sites for hydroxylation is 1. The van der Waals surface area contributed by atoms with E-state index in [4.69, 9.17) is 4.74 Å². The molecule has 2 saturated carbocycles. The lowest BCUT2D eigenvalue weighted by molar-refractivity contribution is -0.137. The Hall–Kier alpha value is -2.01. The second-order valence-corrected chi connectivity index (χ2v) is 9.43. The molecule has 4 rings (SSSR count). The molecular weight excluding hydrogens is 423 g/mol. The van der Waals surface area contributed by atoms with Crippen molar-refractivity contribution in [2.45, 2.75) is 69.6 Å². The molecule has 0 heterocycles. The summed E-state index contributed by atoms with van der Waals surface area (Å²) in [5.41, 5.74) is 3.31. The number of hydrogen-bond donors (Lipinski definition) is 1. The van der Waals surface area contributed by atoms with E-state index in [1.165, 1.54) is 17.2 Å². The minimum Gasteiger partial charge on any atom is -0.497 e. The topological polar surface area (TPSA) is 46.5 Å². The molecule has 0 spiro atoms. The van der Waals surface area contributed by atoms with E-state index in [9.17, 15) is 14.3 Å². The summed E-state index contributed by atoms with van der Waals surface area (Å²) in [4.78, 5) is 11.3. The van der Waals surface area contributed by atoms with Crippen molar-refractivity contribution in [2.75, 3.05) is 7.11 Å². The molecule has 2 aliphatic rings. The Morgan fingerprint density at radius 2 is 1.84 bits per heavy atom. The maximum Gasteiger partial charge on any atom is 0.303 e. The van der Waals surface area contributed by atoms with Crippen LogP contribution in [0.4, 0.5) is 4.39 Å².